The zero-order valence-corrected chi connectivity index (χ0v) is 13.4. The number of carbonyl (C=O) groups excluding carboxylic acids is 3. The average molecular weight is 337 g/mol. The average Bonchev–Trinajstić information content (AvgIpc) is 2.83. The molecular weight excluding hydrogens is 318 g/mol. The van der Waals surface area contributed by atoms with Gasteiger partial charge >= 0.3 is 0 Å². The summed E-state index contributed by atoms with van der Waals surface area (Å²) < 4.78 is 0. The summed E-state index contributed by atoms with van der Waals surface area (Å²) in [6, 6.07) is 6.31. The van der Waals surface area contributed by atoms with Crippen molar-refractivity contribution in [1.29, 1.82) is 0 Å². The van der Waals surface area contributed by atoms with Crippen molar-refractivity contribution in [2.24, 2.45) is 11.7 Å². The maximum Gasteiger partial charge on any atom is 0.292 e. The van der Waals surface area contributed by atoms with Gasteiger partial charge in [-0.2, -0.15) is 0 Å². The highest BCUT2D eigenvalue weighted by Gasteiger charge is 2.46. The number of nitrogens with one attached hydrogen (secondary N) is 1. The third-order valence-electron chi connectivity index (χ3n) is 4.75. The first-order chi connectivity index (χ1) is 11.0. The van der Waals surface area contributed by atoms with Crippen LogP contribution < -0.4 is 15.5 Å². The standard InChI is InChI=1S/C16H18ClN3O3/c17-11-1-3-12(4-2-11)20-14(21)9-13(16(20)23)19-7-5-10(6-8-19)15(18)22/h1-4,10,13H,5-9H2,(H2,18,22)/p+1/t13-/m0/s1. The number of hydrogen-bond donors (Lipinski definition) is 2. The summed E-state index contributed by atoms with van der Waals surface area (Å²) in [7, 11) is 0. The lowest BCUT2D eigenvalue weighted by Gasteiger charge is -2.30. The van der Waals surface area contributed by atoms with Crippen LogP contribution in [-0.2, 0) is 14.4 Å². The number of piperidine rings is 1. The van der Waals surface area contributed by atoms with Crippen LogP contribution in [0.1, 0.15) is 19.3 Å². The summed E-state index contributed by atoms with van der Waals surface area (Å²) in [5.74, 6) is -0.754. The maximum atomic E-state index is 12.7. The van der Waals surface area contributed by atoms with E-state index >= 15 is 0 Å². The molecule has 0 bridgehead atoms. The Morgan fingerprint density at radius 1 is 1.17 bits per heavy atom. The Bertz CT molecular complexity index is 638. The molecular formula is C16H19ClN3O3+. The van der Waals surface area contributed by atoms with Gasteiger partial charge < -0.3 is 10.6 Å². The van der Waals surface area contributed by atoms with Crippen LogP contribution in [0.4, 0.5) is 5.69 Å². The molecule has 1 aromatic rings. The number of amides is 3. The summed E-state index contributed by atoms with van der Waals surface area (Å²) in [5.41, 5.74) is 5.89. The van der Waals surface area contributed by atoms with E-state index in [1.165, 1.54) is 4.90 Å². The molecule has 0 aromatic heterocycles. The van der Waals surface area contributed by atoms with Crippen LogP contribution in [0.15, 0.2) is 24.3 Å². The lowest BCUT2D eigenvalue weighted by molar-refractivity contribution is -0.920. The molecule has 2 heterocycles. The highest BCUT2D eigenvalue weighted by Crippen LogP contribution is 2.24. The number of anilines is 1. The second-order valence-corrected chi connectivity index (χ2v) is 6.57. The molecule has 1 aromatic carbocycles. The largest absolute Gasteiger partial charge is 0.369 e. The van der Waals surface area contributed by atoms with Crippen LogP contribution >= 0.6 is 11.6 Å². The summed E-state index contributed by atoms with van der Waals surface area (Å²) in [6.07, 6.45) is 1.55. The molecule has 0 aliphatic carbocycles. The van der Waals surface area contributed by atoms with Crippen molar-refractivity contribution in [3.8, 4) is 0 Å². The third-order valence-corrected chi connectivity index (χ3v) is 5.01. The first-order valence-electron chi connectivity index (χ1n) is 7.73. The fraction of sp³-hybridized carbons (Fsp3) is 0.438. The number of likely N-dealkylation sites (tertiary alicyclic amines) is 1. The van der Waals surface area contributed by atoms with Crippen molar-refractivity contribution >= 4 is 35.0 Å². The van der Waals surface area contributed by atoms with Crippen LogP contribution in [0.5, 0.6) is 0 Å². The Kier molecular flexibility index (Phi) is 4.37. The van der Waals surface area contributed by atoms with Gasteiger partial charge in [0.1, 0.15) is 0 Å². The van der Waals surface area contributed by atoms with Gasteiger partial charge in [-0.1, -0.05) is 11.6 Å². The lowest BCUT2D eigenvalue weighted by atomic mass is 9.95. The van der Waals surface area contributed by atoms with Gasteiger partial charge in [0.15, 0.2) is 6.04 Å². The minimum Gasteiger partial charge on any atom is -0.369 e. The number of nitrogens with zero attached hydrogens (tertiary/aromatic N) is 1. The molecule has 3 N–H and O–H groups in total. The maximum absolute atomic E-state index is 12.7. The highest BCUT2D eigenvalue weighted by molar-refractivity contribution is 6.30. The first kappa shape index (κ1) is 16.0. The molecule has 0 spiro atoms. The number of hydrogen-bond acceptors (Lipinski definition) is 3. The lowest BCUT2D eigenvalue weighted by Crippen LogP contribution is -3.17. The second-order valence-electron chi connectivity index (χ2n) is 6.14. The van der Waals surface area contributed by atoms with Crippen LogP contribution in [0.3, 0.4) is 0 Å². The molecule has 0 unspecified atom stereocenters. The van der Waals surface area contributed by atoms with E-state index in [1.54, 1.807) is 24.3 Å². The van der Waals surface area contributed by atoms with E-state index in [0.29, 0.717) is 36.6 Å². The number of rotatable bonds is 3. The predicted molar refractivity (Wildman–Crippen MR) is 85.0 cm³/mol. The molecule has 7 heteroatoms. The van der Waals surface area contributed by atoms with Crippen LogP contribution in [-0.4, -0.2) is 36.9 Å². The molecule has 6 nitrogen and oxygen atoms in total. The van der Waals surface area contributed by atoms with Crippen molar-refractivity contribution in [2.75, 3.05) is 18.0 Å². The molecule has 0 saturated carbocycles. The van der Waals surface area contributed by atoms with E-state index in [2.05, 4.69) is 0 Å². The summed E-state index contributed by atoms with van der Waals surface area (Å²) in [6.45, 7) is 1.37. The van der Waals surface area contributed by atoms with Gasteiger partial charge in [-0.25, -0.2) is 4.90 Å². The Balaban J connectivity index is 1.72. The quantitative estimate of drug-likeness (QED) is 0.747. The van der Waals surface area contributed by atoms with Gasteiger partial charge in [0.05, 0.1) is 25.2 Å². The fourth-order valence-electron chi connectivity index (χ4n) is 3.43. The smallest absolute Gasteiger partial charge is 0.292 e. The zero-order valence-electron chi connectivity index (χ0n) is 12.6. The van der Waals surface area contributed by atoms with Gasteiger partial charge in [-0.3, -0.25) is 14.4 Å². The van der Waals surface area contributed by atoms with Crippen molar-refractivity contribution < 1.29 is 19.3 Å². The number of benzene rings is 1. The summed E-state index contributed by atoms with van der Waals surface area (Å²) >= 11 is 5.85. The summed E-state index contributed by atoms with van der Waals surface area (Å²) in [5, 5.41) is 0.559. The molecule has 2 aliphatic heterocycles. The zero-order chi connectivity index (χ0) is 16.6. The molecule has 2 saturated heterocycles. The second kappa shape index (κ2) is 6.29. The van der Waals surface area contributed by atoms with Gasteiger partial charge in [0, 0.05) is 23.8 Å². The number of primary amides is 1. The molecule has 2 aliphatic rings. The Morgan fingerprint density at radius 2 is 1.78 bits per heavy atom. The minimum atomic E-state index is -0.369. The molecule has 23 heavy (non-hydrogen) atoms. The Labute approximate surface area is 139 Å². The topological polar surface area (TPSA) is 84.9 Å². The highest BCUT2D eigenvalue weighted by atomic mass is 35.5. The fourth-order valence-corrected chi connectivity index (χ4v) is 3.56. The molecule has 2 fully saturated rings. The van der Waals surface area contributed by atoms with Crippen LogP contribution in [0.25, 0.3) is 0 Å². The number of quaternary nitrogens is 1. The molecule has 122 valence electrons. The predicted octanol–water partition coefficient (Wildman–Crippen LogP) is -0.248. The van der Waals surface area contributed by atoms with Crippen molar-refractivity contribution in [3.05, 3.63) is 29.3 Å². The van der Waals surface area contributed by atoms with Crippen molar-refractivity contribution in [3.63, 3.8) is 0 Å². The van der Waals surface area contributed by atoms with Crippen LogP contribution in [0.2, 0.25) is 5.02 Å². The van der Waals surface area contributed by atoms with Crippen molar-refractivity contribution in [1.82, 2.24) is 0 Å². The van der Waals surface area contributed by atoms with E-state index in [9.17, 15) is 14.4 Å². The number of carbonyl (C=O) groups is 3. The first-order valence-corrected chi connectivity index (χ1v) is 8.11. The van der Waals surface area contributed by atoms with E-state index in [4.69, 9.17) is 17.3 Å². The van der Waals surface area contributed by atoms with E-state index < -0.39 is 0 Å². The van der Waals surface area contributed by atoms with Gasteiger partial charge in [0.2, 0.25) is 11.8 Å². The third kappa shape index (κ3) is 3.09. The normalized spacial score (nSPS) is 28.2. The number of nitrogens with two attached hydrogens (primary N) is 1. The van der Waals surface area contributed by atoms with E-state index in [1.807, 2.05) is 0 Å². The Morgan fingerprint density at radius 3 is 2.35 bits per heavy atom. The van der Waals surface area contributed by atoms with Crippen LogP contribution in [0, 0.1) is 5.92 Å². The molecule has 3 rings (SSSR count). The monoisotopic (exact) mass is 336 g/mol. The van der Waals surface area contributed by atoms with E-state index in [-0.39, 0.29) is 36.1 Å². The van der Waals surface area contributed by atoms with Crippen molar-refractivity contribution in [2.45, 2.75) is 25.3 Å². The molecule has 3 amide bonds. The molecule has 1 atom stereocenters. The SMILES string of the molecule is NC(=O)C1CC[NH+]([C@H]2CC(=O)N(c3ccc(Cl)cc3)C2=O)CC1. The summed E-state index contributed by atoms with van der Waals surface area (Å²) in [4.78, 5) is 38.5. The minimum absolute atomic E-state index is 0.113. The van der Waals surface area contributed by atoms with Gasteiger partial charge in [-0.15, -0.1) is 0 Å². The van der Waals surface area contributed by atoms with Gasteiger partial charge in [0.25, 0.3) is 5.91 Å². The number of halogens is 1. The number of imide groups is 1. The van der Waals surface area contributed by atoms with E-state index in [0.717, 1.165) is 4.90 Å². The molecule has 0 radical (unpaired) electrons. The Hall–Kier alpha value is -1.92. The van der Waals surface area contributed by atoms with Gasteiger partial charge in [-0.05, 0) is 24.3 Å².